The molecule has 0 unspecified atom stereocenters. The molecule has 0 bridgehead atoms. The van der Waals surface area contributed by atoms with Crippen LogP contribution in [-0.4, -0.2) is 24.8 Å². The molecule has 6 heteroatoms. The second kappa shape index (κ2) is 5.00. The van der Waals surface area contributed by atoms with Crippen LogP contribution in [0.15, 0.2) is 36.4 Å². The van der Waals surface area contributed by atoms with E-state index < -0.39 is 11.9 Å². The van der Waals surface area contributed by atoms with Crippen LogP contribution in [0.1, 0.15) is 31.8 Å². The number of primary amides is 1. The Morgan fingerprint density at radius 3 is 2.18 bits per heavy atom. The molecule has 2 N–H and O–H groups in total. The molecule has 110 valence electrons. The van der Waals surface area contributed by atoms with E-state index in [4.69, 9.17) is 15.2 Å². The van der Waals surface area contributed by atoms with Gasteiger partial charge in [0.15, 0.2) is 23.1 Å². The van der Waals surface area contributed by atoms with Crippen molar-refractivity contribution in [3.8, 4) is 11.5 Å². The van der Waals surface area contributed by atoms with E-state index in [2.05, 4.69) is 0 Å². The van der Waals surface area contributed by atoms with Crippen molar-refractivity contribution in [3.05, 3.63) is 58.7 Å². The highest BCUT2D eigenvalue weighted by atomic mass is 16.6. The number of benzene rings is 2. The third-order valence-corrected chi connectivity index (χ3v) is 3.43. The number of methoxy groups -OCH3 is 1. The number of carbonyl (C=O) groups is 3. The van der Waals surface area contributed by atoms with E-state index in [-0.39, 0.29) is 34.0 Å². The highest BCUT2D eigenvalue weighted by molar-refractivity contribution is 6.29. The van der Waals surface area contributed by atoms with Gasteiger partial charge >= 0.3 is 6.09 Å². The second-order valence-electron chi connectivity index (χ2n) is 4.64. The fourth-order valence-corrected chi connectivity index (χ4v) is 2.50. The summed E-state index contributed by atoms with van der Waals surface area (Å²) in [6, 6.07) is 9.39. The Kier molecular flexibility index (Phi) is 3.14. The smallest absolute Gasteiger partial charge is 0.410 e. The summed E-state index contributed by atoms with van der Waals surface area (Å²) in [5.41, 5.74) is 5.75. The molecule has 0 saturated carbocycles. The van der Waals surface area contributed by atoms with Gasteiger partial charge in [-0.2, -0.15) is 0 Å². The number of ketones is 2. The van der Waals surface area contributed by atoms with Crippen LogP contribution in [0.5, 0.6) is 11.5 Å². The first-order valence-electron chi connectivity index (χ1n) is 6.41. The third-order valence-electron chi connectivity index (χ3n) is 3.43. The van der Waals surface area contributed by atoms with Crippen molar-refractivity contribution in [1.29, 1.82) is 0 Å². The van der Waals surface area contributed by atoms with Crippen molar-refractivity contribution >= 4 is 17.7 Å². The molecule has 0 radical (unpaired) electrons. The molecular formula is C16H11NO5. The zero-order valence-corrected chi connectivity index (χ0v) is 11.6. The van der Waals surface area contributed by atoms with Crippen LogP contribution >= 0.6 is 0 Å². The molecular weight excluding hydrogens is 286 g/mol. The lowest BCUT2D eigenvalue weighted by molar-refractivity contribution is 0.0976. The van der Waals surface area contributed by atoms with Crippen molar-refractivity contribution < 1.29 is 23.9 Å². The Labute approximate surface area is 125 Å². The zero-order valence-electron chi connectivity index (χ0n) is 11.6. The third kappa shape index (κ3) is 1.93. The molecule has 2 aromatic carbocycles. The van der Waals surface area contributed by atoms with E-state index in [9.17, 15) is 14.4 Å². The van der Waals surface area contributed by atoms with Crippen LogP contribution in [0.4, 0.5) is 4.79 Å². The number of ether oxygens (including phenoxy) is 2. The number of rotatable bonds is 2. The van der Waals surface area contributed by atoms with E-state index >= 15 is 0 Å². The zero-order chi connectivity index (χ0) is 15.9. The maximum atomic E-state index is 12.7. The van der Waals surface area contributed by atoms with Crippen molar-refractivity contribution in [1.82, 2.24) is 0 Å². The molecule has 2 aromatic rings. The van der Waals surface area contributed by atoms with Crippen molar-refractivity contribution in [2.45, 2.75) is 0 Å². The van der Waals surface area contributed by atoms with E-state index in [1.54, 1.807) is 24.3 Å². The van der Waals surface area contributed by atoms with Crippen LogP contribution < -0.4 is 15.2 Å². The van der Waals surface area contributed by atoms with Gasteiger partial charge in [0.25, 0.3) is 0 Å². The Morgan fingerprint density at radius 2 is 1.59 bits per heavy atom. The van der Waals surface area contributed by atoms with Crippen LogP contribution in [0.3, 0.4) is 0 Å². The van der Waals surface area contributed by atoms with E-state index in [0.29, 0.717) is 5.56 Å². The number of nitrogens with two attached hydrogens (primary N) is 1. The topological polar surface area (TPSA) is 95.7 Å². The van der Waals surface area contributed by atoms with Gasteiger partial charge < -0.3 is 15.2 Å². The highest BCUT2D eigenvalue weighted by Gasteiger charge is 2.34. The molecule has 0 aromatic heterocycles. The average Bonchev–Trinajstić information content (AvgIpc) is 2.52. The molecule has 3 rings (SSSR count). The predicted octanol–water partition coefficient (Wildman–Crippen LogP) is 1.93. The minimum absolute atomic E-state index is 0.0122. The Balaban J connectivity index is 2.30. The quantitative estimate of drug-likeness (QED) is 0.779. The molecule has 22 heavy (non-hydrogen) atoms. The van der Waals surface area contributed by atoms with Gasteiger partial charge in [-0.15, -0.1) is 0 Å². The summed E-state index contributed by atoms with van der Waals surface area (Å²) < 4.78 is 10.00. The van der Waals surface area contributed by atoms with Crippen molar-refractivity contribution in [2.24, 2.45) is 5.73 Å². The number of amides is 1. The van der Waals surface area contributed by atoms with E-state index in [1.807, 2.05) is 0 Å². The van der Waals surface area contributed by atoms with Gasteiger partial charge in [-0.1, -0.05) is 24.3 Å². The monoisotopic (exact) mass is 297 g/mol. The second-order valence-corrected chi connectivity index (χ2v) is 4.64. The molecule has 0 aliphatic heterocycles. The van der Waals surface area contributed by atoms with Gasteiger partial charge in [-0.05, 0) is 12.1 Å². The summed E-state index contributed by atoms with van der Waals surface area (Å²) in [7, 11) is 1.36. The van der Waals surface area contributed by atoms with E-state index in [0.717, 1.165) is 0 Å². The summed E-state index contributed by atoms with van der Waals surface area (Å²) in [6.07, 6.45) is -1.09. The largest absolute Gasteiger partial charge is 0.493 e. The molecule has 0 saturated heterocycles. The minimum Gasteiger partial charge on any atom is -0.493 e. The summed E-state index contributed by atoms with van der Waals surface area (Å²) in [5.74, 6) is -0.721. The van der Waals surface area contributed by atoms with Crippen molar-refractivity contribution in [3.63, 3.8) is 0 Å². The fraction of sp³-hybridized carbons (Fsp3) is 0.0625. The lowest BCUT2D eigenvalue weighted by Crippen LogP contribution is -2.24. The van der Waals surface area contributed by atoms with Crippen molar-refractivity contribution in [2.75, 3.05) is 7.11 Å². The summed E-state index contributed by atoms with van der Waals surface area (Å²) in [6.45, 7) is 0. The summed E-state index contributed by atoms with van der Waals surface area (Å²) in [4.78, 5) is 36.3. The number of hydrogen-bond acceptors (Lipinski definition) is 5. The normalized spacial score (nSPS) is 12.4. The first-order valence-corrected chi connectivity index (χ1v) is 6.41. The van der Waals surface area contributed by atoms with Gasteiger partial charge in [-0.25, -0.2) is 4.79 Å². The number of hydrogen-bond donors (Lipinski definition) is 1. The highest BCUT2D eigenvalue weighted by Crippen LogP contribution is 2.39. The Hall–Kier alpha value is -3.15. The van der Waals surface area contributed by atoms with Gasteiger partial charge in [0.2, 0.25) is 0 Å². The van der Waals surface area contributed by atoms with Gasteiger partial charge in [0.1, 0.15) is 0 Å². The van der Waals surface area contributed by atoms with Gasteiger partial charge in [0, 0.05) is 16.7 Å². The molecule has 6 nitrogen and oxygen atoms in total. The number of carbonyl (C=O) groups excluding carboxylic acids is 3. The average molecular weight is 297 g/mol. The van der Waals surface area contributed by atoms with Crippen LogP contribution in [-0.2, 0) is 0 Å². The molecule has 0 spiro atoms. The lowest BCUT2D eigenvalue weighted by atomic mass is 9.83. The number of fused-ring (bicyclic) bond motifs is 2. The first kappa shape index (κ1) is 13.8. The van der Waals surface area contributed by atoms with Crippen LogP contribution in [0.25, 0.3) is 0 Å². The van der Waals surface area contributed by atoms with Crippen LogP contribution in [0.2, 0.25) is 0 Å². The standard InChI is InChI=1S/C16H11NO5/c1-21-11-7-6-10-12(15(11)22-16(17)20)14(19)9-5-3-2-4-8(9)13(10)18/h2-7H,1H3,(H2,17,20). The molecule has 0 heterocycles. The van der Waals surface area contributed by atoms with Gasteiger partial charge in [0.05, 0.1) is 12.7 Å². The molecule has 0 atom stereocenters. The molecule has 1 amide bonds. The SMILES string of the molecule is COc1ccc2c(c1OC(N)=O)C(=O)c1ccccc1C2=O. The first-order chi connectivity index (χ1) is 10.5. The molecule has 1 aliphatic carbocycles. The van der Waals surface area contributed by atoms with Crippen LogP contribution in [0, 0.1) is 0 Å². The Bertz CT molecular complexity index is 825. The lowest BCUT2D eigenvalue weighted by Gasteiger charge is -2.20. The molecule has 0 fully saturated rings. The maximum Gasteiger partial charge on any atom is 0.410 e. The Morgan fingerprint density at radius 1 is 0.955 bits per heavy atom. The fourth-order valence-electron chi connectivity index (χ4n) is 2.50. The van der Waals surface area contributed by atoms with E-state index in [1.165, 1.54) is 19.2 Å². The minimum atomic E-state index is -1.09. The molecule has 1 aliphatic rings. The summed E-state index contributed by atoms with van der Waals surface area (Å²) in [5, 5.41) is 0. The predicted molar refractivity (Wildman–Crippen MR) is 76.5 cm³/mol. The summed E-state index contributed by atoms with van der Waals surface area (Å²) >= 11 is 0. The maximum absolute atomic E-state index is 12.7. The van der Waals surface area contributed by atoms with Gasteiger partial charge in [-0.3, -0.25) is 9.59 Å².